The van der Waals surface area contributed by atoms with E-state index in [1.165, 1.54) is 5.56 Å². The molecule has 1 aromatic heterocycles. The maximum Gasteiger partial charge on any atom is 0.0531 e. The lowest BCUT2D eigenvalue weighted by molar-refractivity contribution is 0.876. The largest absolute Gasteiger partial charge is 0.377 e. The summed E-state index contributed by atoms with van der Waals surface area (Å²) in [7, 11) is 0. The Morgan fingerprint density at radius 1 is 1.18 bits per heavy atom. The van der Waals surface area contributed by atoms with E-state index in [2.05, 4.69) is 51.4 Å². The van der Waals surface area contributed by atoms with Crippen molar-refractivity contribution < 1.29 is 0 Å². The summed E-state index contributed by atoms with van der Waals surface area (Å²) in [5.41, 5.74) is 3.32. The molecule has 0 amide bonds. The minimum Gasteiger partial charge on any atom is -0.377 e. The van der Waals surface area contributed by atoms with Crippen molar-refractivity contribution in [2.24, 2.45) is 0 Å². The third kappa shape index (κ3) is 3.07. The Balaban J connectivity index is 2.14. The molecule has 2 nitrogen and oxygen atoms in total. The van der Waals surface area contributed by atoms with Gasteiger partial charge in [0.2, 0.25) is 0 Å². The Bertz CT molecular complexity index is 494. The van der Waals surface area contributed by atoms with Crippen LogP contribution in [0, 0.1) is 6.92 Å². The van der Waals surface area contributed by atoms with Gasteiger partial charge in [-0.1, -0.05) is 34.1 Å². The summed E-state index contributed by atoms with van der Waals surface area (Å²) >= 11 is 3.57. The molecule has 1 atom stereocenters. The highest BCUT2D eigenvalue weighted by Crippen LogP contribution is 2.25. The van der Waals surface area contributed by atoms with Crippen LogP contribution in [0.4, 0.5) is 5.69 Å². The first-order chi connectivity index (χ1) is 8.16. The zero-order valence-electron chi connectivity index (χ0n) is 9.94. The van der Waals surface area contributed by atoms with E-state index in [0.29, 0.717) is 0 Å². The van der Waals surface area contributed by atoms with E-state index < -0.39 is 0 Å². The Hall–Kier alpha value is -1.35. The van der Waals surface area contributed by atoms with Crippen molar-refractivity contribution in [3.05, 3.63) is 58.3 Å². The predicted octanol–water partition coefficient (Wildman–Crippen LogP) is 4.33. The molecule has 0 saturated heterocycles. The second-order valence-corrected chi connectivity index (χ2v) is 4.93. The molecule has 2 rings (SSSR count). The Morgan fingerprint density at radius 2 is 1.94 bits per heavy atom. The van der Waals surface area contributed by atoms with E-state index in [9.17, 15) is 0 Å². The van der Waals surface area contributed by atoms with Crippen LogP contribution in [0.3, 0.4) is 0 Å². The third-order valence-electron chi connectivity index (χ3n) is 2.67. The summed E-state index contributed by atoms with van der Waals surface area (Å²) in [6, 6.07) is 12.5. The molecule has 0 bridgehead atoms. The molecule has 3 heteroatoms. The normalized spacial score (nSPS) is 12.2. The van der Waals surface area contributed by atoms with E-state index in [1.807, 2.05) is 31.3 Å². The number of anilines is 1. The quantitative estimate of drug-likeness (QED) is 0.910. The van der Waals surface area contributed by atoms with Gasteiger partial charge < -0.3 is 5.32 Å². The first kappa shape index (κ1) is 12.1. The molecule has 1 unspecified atom stereocenters. The fourth-order valence-corrected chi connectivity index (χ4v) is 2.34. The maximum atomic E-state index is 4.27. The van der Waals surface area contributed by atoms with Gasteiger partial charge in [0.1, 0.15) is 0 Å². The van der Waals surface area contributed by atoms with Crippen molar-refractivity contribution in [3.8, 4) is 0 Å². The van der Waals surface area contributed by atoms with Crippen LogP contribution in [0.2, 0.25) is 0 Å². The Morgan fingerprint density at radius 3 is 2.59 bits per heavy atom. The molecule has 0 aliphatic heterocycles. The summed E-state index contributed by atoms with van der Waals surface area (Å²) in [5.74, 6) is 0. The summed E-state index contributed by atoms with van der Waals surface area (Å²) < 4.78 is 1.13. The molecular formula is C14H15BrN2. The standard InChI is InChI=1S/C14H15BrN2/c1-10-7-8-12(9-16-10)17-11(2)13-5-3-4-6-14(13)15/h3-9,11,17H,1-2H3. The van der Waals surface area contributed by atoms with Gasteiger partial charge in [0.15, 0.2) is 0 Å². The minimum absolute atomic E-state index is 0.245. The Labute approximate surface area is 110 Å². The number of halogens is 1. The topological polar surface area (TPSA) is 24.9 Å². The molecule has 2 aromatic rings. The monoisotopic (exact) mass is 290 g/mol. The highest BCUT2D eigenvalue weighted by atomic mass is 79.9. The molecular weight excluding hydrogens is 276 g/mol. The fourth-order valence-electron chi connectivity index (χ4n) is 1.71. The number of hydrogen-bond donors (Lipinski definition) is 1. The van der Waals surface area contributed by atoms with Gasteiger partial charge in [-0.2, -0.15) is 0 Å². The highest BCUT2D eigenvalue weighted by molar-refractivity contribution is 9.10. The number of hydrogen-bond acceptors (Lipinski definition) is 2. The lowest BCUT2D eigenvalue weighted by Gasteiger charge is -2.16. The lowest BCUT2D eigenvalue weighted by Crippen LogP contribution is -2.07. The molecule has 0 aliphatic rings. The van der Waals surface area contributed by atoms with Crippen LogP contribution >= 0.6 is 15.9 Å². The molecule has 0 aliphatic carbocycles. The molecule has 0 fully saturated rings. The lowest BCUT2D eigenvalue weighted by atomic mass is 10.1. The van der Waals surface area contributed by atoms with Crippen molar-refractivity contribution in [1.82, 2.24) is 4.98 Å². The number of pyridine rings is 1. The summed E-state index contributed by atoms with van der Waals surface area (Å²) in [4.78, 5) is 4.27. The predicted molar refractivity (Wildman–Crippen MR) is 75.2 cm³/mol. The summed E-state index contributed by atoms with van der Waals surface area (Å²) in [6.45, 7) is 4.13. The van der Waals surface area contributed by atoms with Crippen molar-refractivity contribution in [3.63, 3.8) is 0 Å². The average Bonchev–Trinajstić information content (AvgIpc) is 2.32. The zero-order chi connectivity index (χ0) is 12.3. The second-order valence-electron chi connectivity index (χ2n) is 4.08. The maximum absolute atomic E-state index is 4.27. The molecule has 17 heavy (non-hydrogen) atoms. The second kappa shape index (κ2) is 5.32. The van der Waals surface area contributed by atoms with Gasteiger partial charge in [-0.05, 0) is 37.6 Å². The van der Waals surface area contributed by atoms with E-state index in [0.717, 1.165) is 15.9 Å². The van der Waals surface area contributed by atoms with Crippen LogP contribution in [0.25, 0.3) is 0 Å². The van der Waals surface area contributed by atoms with Gasteiger partial charge in [-0.15, -0.1) is 0 Å². The van der Waals surface area contributed by atoms with Gasteiger partial charge >= 0.3 is 0 Å². The van der Waals surface area contributed by atoms with Crippen LogP contribution in [-0.2, 0) is 0 Å². The van der Waals surface area contributed by atoms with E-state index >= 15 is 0 Å². The van der Waals surface area contributed by atoms with E-state index in [4.69, 9.17) is 0 Å². The van der Waals surface area contributed by atoms with Crippen LogP contribution in [0.1, 0.15) is 24.2 Å². The average molecular weight is 291 g/mol. The number of nitrogens with zero attached hydrogens (tertiary/aromatic N) is 1. The van der Waals surface area contributed by atoms with Crippen LogP contribution < -0.4 is 5.32 Å². The minimum atomic E-state index is 0.245. The molecule has 0 spiro atoms. The van der Waals surface area contributed by atoms with Gasteiger partial charge in [0.05, 0.1) is 11.9 Å². The van der Waals surface area contributed by atoms with E-state index in [1.54, 1.807) is 0 Å². The number of aromatic nitrogens is 1. The highest BCUT2D eigenvalue weighted by Gasteiger charge is 2.08. The molecule has 1 heterocycles. The first-order valence-electron chi connectivity index (χ1n) is 5.60. The number of rotatable bonds is 3. The van der Waals surface area contributed by atoms with Crippen LogP contribution in [0.5, 0.6) is 0 Å². The van der Waals surface area contributed by atoms with E-state index in [-0.39, 0.29) is 6.04 Å². The number of benzene rings is 1. The number of nitrogens with one attached hydrogen (secondary N) is 1. The van der Waals surface area contributed by atoms with Gasteiger partial charge in [-0.3, -0.25) is 4.98 Å². The molecule has 1 N–H and O–H groups in total. The molecule has 88 valence electrons. The van der Waals surface area contributed by atoms with Gasteiger partial charge in [0.25, 0.3) is 0 Å². The van der Waals surface area contributed by atoms with Gasteiger partial charge in [0, 0.05) is 16.2 Å². The van der Waals surface area contributed by atoms with Crippen molar-refractivity contribution in [1.29, 1.82) is 0 Å². The molecule has 0 saturated carbocycles. The SMILES string of the molecule is Cc1ccc(NC(C)c2ccccc2Br)cn1. The van der Waals surface area contributed by atoms with Crippen molar-refractivity contribution in [2.45, 2.75) is 19.9 Å². The zero-order valence-corrected chi connectivity index (χ0v) is 11.5. The fraction of sp³-hybridized carbons (Fsp3) is 0.214. The smallest absolute Gasteiger partial charge is 0.0531 e. The molecule has 0 radical (unpaired) electrons. The van der Waals surface area contributed by atoms with Crippen molar-refractivity contribution in [2.75, 3.05) is 5.32 Å². The third-order valence-corrected chi connectivity index (χ3v) is 3.39. The summed E-state index contributed by atoms with van der Waals surface area (Å²) in [6.07, 6.45) is 1.86. The first-order valence-corrected chi connectivity index (χ1v) is 6.40. The Kier molecular flexibility index (Phi) is 3.79. The summed E-state index contributed by atoms with van der Waals surface area (Å²) in [5, 5.41) is 3.43. The van der Waals surface area contributed by atoms with Gasteiger partial charge in [-0.25, -0.2) is 0 Å². The molecule has 1 aromatic carbocycles. The van der Waals surface area contributed by atoms with Crippen molar-refractivity contribution >= 4 is 21.6 Å². The number of aryl methyl sites for hydroxylation is 1. The van der Waals surface area contributed by atoms with Crippen LogP contribution in [0.15, 0.2) is 47.1 Å². The van der Waals surface area contributed by atoms with Crippen LogP contribution in [-0.4, -0.2) is 4.98 Å².